The van der Waals surface area contributed by atoms with Crippen molar-refractivity contribution in [1.82, 2.24) is 10.6 Å². The van der Waals surface area contributed by atoms with Crippen molar-refractivity contribution >= 4 is 5.91 Å². The summed E-state index contributed by atoms with van der Waals surface area (Å²) in [5.41, 5.74) is 1.18. The van der Waals surface area contributed by atoms with Crippen LogP contribution in [0.25, 0.3) is 0 Å². The van der Waals surface area contributed by atoms with Crippen LogP contribution in [0.3, 0.4) is 0 Å². The van der Waals surface area contributed by atoms with Gasteiger partial charge >= 0.3 is 0 Å². The van der Waals surface area contributed by atoms with Crippen molar-refractivity contribution in [3.8, 4) is 0 Å². The summed E-state index contributed by atoms with van der Waals surface area (Å²) in [5.74, 6) is -0.0117. The summed E-state index contributed by atoms with van der Waals surface area (Å²) in [6, 6.07) is 10.3. The summed E-state index contributed by atoms with van der Waals surface area (Å²) in [4.78, 5) is 11.6. The van der Waals surface area contributed by atoms with E-state index in [4.69, 9.17) is 4.74 Å². The average molecular weight is 250 g/mol. The number of carbonyl (C=O) groups is 1. The Balaban J connectivity index is 2.30. The van der Waals surface area contributed by atoms with Crippen molar-refractivity contribution in [1.29, 1.82) is 0 Å². The molecule has 2 N–H and O–H groups in total. The highest BCUT2D eigenvalue weighted by Crippen LogP contribution is 2.10. The van der Waals surface area contributed by atoms with Crippen molar-refractivity contribution in [3.05, 3.63) is 35.9 Å². The van der Waals surface area contributed by atoms with Gasteiger partial charge in [-0.2, -0.15) is 0 Å². The molecule has 1 aromatic carbocycles. The first-order valence-electron chi connectivity index (χ1n) is 6.20. The van der Waals surface area contributed by atoms with E-state index in [-0.39, 0.29) is 18.0 Å². The quantitative estimate of drug-likeness (QED) is 0.771. The summed E-state index contributed by atoms with van der Waals surface area (Å²) in [7, 11) is 1.62. The Kier molecular flexibility index (Phi) is 6.39. The van der Waals surface area contributed by atoms with Gasteiger partial charge in [0, 0.05) is 19.2 Å². The number of methoxy groups -OCH3 is 1. The highest BCUT2D eigenvalue weighted by molar-refractivity contribution is 5.78. The molecule has 0 aliphatic heterocycles. The Bertz CT molecular complexity index is 354. The zero-order chi connectivity index (χ0) is 13.4. The normalized spacial score (nSPS) is 13.9. The van der Waals surface area contributed by atoms with Crippen LogP contribution in [0.4, 0.5) is 0 Å². The molecule has 2 atom stereocenters. The highest BCUT2D eigenvalue weighted by atomic mass is 16.5. The van der Waals surface area contributed by atoms with Crippen molar-refractivity contribution < 1.29 is 9.53 Å². The molecule has 18 heavy (non-hydrogen) atoms. The summed E-state index contributed by atoms with van der Waals surface area (Å²) in [6.07, 6.45) is 0. The fourth-order valence-corrected chi connectivity index (χ4v) is 1.72. The smallest absolute Gasteiger partial charge is 0.234 e. The van der Waals surface area contributed by atoms with Crippen LogP contribution in [0.1, 0.15) is 25.5 Å². The van der Waals surface area contributed by atoms with Gasteiger partial charge in [-0.1, -0.05) is 30.3 Å². The van der Waals surface area contributed by atoms with E-state index in [9.17, 15) is 4.79 Å². The summed E-state index contributed by atoms with van der Waals surface area (Å²) >= 11 is 0. The van der Waals surface area contributed by atoms with Gasteiger partial charge in [0.05, 0.1) is 13.2 Å². The SMILES string of the molecule is COCC(C)NC(=O)CNC(C)c1ccccc1. The van der Waals surface area contributed by atoms with Crippen molar-refractivity contribution in [2.24, 2.45) is 0 Å². The second-order valence-electron chi connectivity index (χ2n) is 4.44. The number of hydrogen-bond acceptors (Lipinski definition) is 3. The van der Waals surface area contributed by atoms with Crippen LogP contribution < -0.4 is 10.6 Å². The number of benzene rings is 1. The molecule has 0 fully saturated rings. The van der Waals surface area contributed by atoms with Crippen LogP contribution in [0.5, 0.6) is 0 Å². The van der Waals surface area contributed by atoms with Crippen LogP contribution in [0, 0.1) is 0 Å². The van der Waals surface area contributed by atoms with Gasteiger partial charge in [-0.05, 0) is 19.4 Å². The average Bonchev–Trinajstić information content (AvgIpc) is 2.37. The molecule has 0 radical (unpaired) electrons. The Morgan fingerprint density at radius 1 is 1.28 bits per heavy atom. The minimum Gasteiger partial charge on any atom is -0.383 e. The first-order valence-corrected chi connectivity index (χ1v) is 6.20. The number of rotatable bonds is 7. The lowest BCUT2D eigenvalue weighted by Gasteiger charge is -2.16. The molecule has 0 bridgehead atoms. The van der Waals surface area contributed by atoms with Crippen LogP contribution >= 0.6 is 0 Å². The zero-order valence-electron chi connectivity index (χ0n) is 11.3. The fraction of sp³-hybridized carbons (Fsp3) is 0.500. The van der Waals surface area contributed by atoms with E-state index in [0.29, 0.717) is 13.2 Å². The zero-order valence-corrected chi connectivity index (χ0v) is 11.3. The molecule has 1 amide bonds. The largest absolute Gasteiger partial charge is 0.383 e. The lowest BCUT2D eigenvalue weighted by atomic mass is 10.1. The topological polar surface area (TPSA) is 50.4 Å². The van der Waals surface area contributed by atoms with Gasteiger partial charge in [-0.15, -0.1) is 0 Å². The minimum atomic E-state index is -0.0117. The second-order valence-corrected chi connectivity index (χ2v) is 4.44. The number of carbonyl (C=O) groups excluding carboxylic acids is 1. The Hall–Kier alpha value is -1.39. The molecule has 4 heteroatoms. The minimum absolute atomic E-state index is 0.0117. The van der Waals surface area contributed by atoms with Gasteiger partial charge in [0.2, 0.25) is 5.91 Å². The van der Waals surface area contributed by atoms with Gasteiger partial charge in [0.1, 0.15) is 0 Å². The van der Waals surface area contributed by atoms with E-state index >= 15 is 0 Å². The number of nitrogens with one attached hydrogen (secondary N) is 2. The number of ether oxygens (including phenoxy) is 1. The third-order valence-corrected chi connectivity index (χ3v) is 2.69. The molecular weight excluding hydrogens is 228 g/mol. The molecule has 1 rings (SSSR count). The summed E-state index contributed by atoms with van der Waals surface area (Å²) < 4.78 is 4.96. The second kappa shape index (κ2) is 7.84. The summed E-state index contributed by atoms with van der Waals surface area (Å²) in [5, 5.41) is 6.05. The third kappa shape index (κ3) is 5.29. The predicted octanol–water partition coefficient (Wildman–Crippen LogP) is 1.49. The molecule has 4 nitrogen and oxygen atoms in total. The van der Waals surface area contributed by atoms with Crippen LogP contribution in [0.2, 0.25) is 0 Å². The molecule has 1 aromatic rings. The van der Waals surface area contributed by atoms with E-state index in [1.165, 1.54) is 5.56 Å². The molecule has 0 heterocycles. The van der Waals surface area contributed by atoms with Crippen molar-refractivity contribution in [3.63, 3.8) is 0 Å². The first-order chi connectivity index (χ1) is 8.63. The number of hydrogen-bond donors (Lipinski definition) is 2. The van der Waals surface area contributed by atoms with E-state index in [1.54, 1.807) is 7.11 Å². The van der Waals surface area contributed by atoms with Crippen molar-refractivity contribution in [2.45, 2.75) is 25.9 Å². The molecule has 0 aliphatic rings. The lowest BCUT2D eigenvalue weighted by molar-refractivity contribution is -0.121. The van der Waals surface area contributed by atoms with Gasteiger partial charge in [0.25, 0.3) is 0 Å². The third-order valence-electron chi connectivity index (χ3n) is 2.69. The Labute approximate surface area is 109 Å². The van der Waals surface area contributed by atoms with Gasteiger partial charge < -0.3 is 15.4 Å². The predicted molar refractivity (Wildman–Crippen MR) is 72.3 cm³/mol. The molecule has 100 valence electrons. The lowest BCUT2D eigenvalue weighted by Crippen LogP contribution is -2.41. The molecule has 0 saturated heterocycles. The van der Waals surface area contributed by atoms with Gasteiger partial charge in [-0.25, -0.2) is 0 Å². The highest BCUT2D eigenvalue weighted by Gasteiger charge is 2.09. The van der Waals surface area contributed by atoms with Crippen LogP contribution in [0.15, 0.2) is 30.3 Å². The van der Waals surface area contributed by atoms with Gasteiger partial charge in [0.15, 0.2) is 0 Å². The maximum atomic E-state index is 11.6. The molecule has 0 aliphatic carbocycles. The van der Waals surface area contributed by atoms with E-state index < -0.39 is 0 Å². The van der Waals surface area contributed by atoms with Crippen LogP contribution in [-0.2, 0) is 9.53 Å². The summed E-state index contributed by atoms with van der Waals surface area (Å²) in [6.45, 7) is 4.80. The molecule has 0 spiro atoms. The maximum Gasteiger partial charge on any atom is 0.234 e. The molecular formula is C14H22N2O2. The van der Waals surface area contributed by atoms with E-state index in [0.717, 1.165) is 0 Å². The Morgan fingerprint density at radius 3 is 2.56 bits per heavy atom. The fourth-order valence-electron chi connectivity index (χ4n) is 1.72. The first kappa shape index (κ1) is 14.7. The Morgan fingerprint density at radius 2 is 1.94 bits per heavy atom. The van der Waals surface area contributed by atoms with E-state index in [2.05, 4.69) is 10.6 Å². The maximum absolute atomic E-state index is 11.6. The van der Waals surface area contributed by atoms with Crippen molar-refractivity contribution in [2.75, 3.05) is 20.3 Å². The molecule has 2 unspecified atom stereocenters. The monoisotopic (exact) mass is 250 g/mol. The van der Waals surface area contributed by atoms with Crippen LogP contribution in [-0.4, -0.2) is 32.2 Å². The van der Waals surface area contributed by atoms with Gasteiger partial charge in [-0.3, -0.25) is 4.79 Å². The number of amides is 1. The van der Waals surface area contributed by atoms with E-state index in [1.807, 2.05) is 44.2 Å². The molecule has 0 saturated carbocycles. The molecule has 0 aromatic heterocycles. The standard InChI is InChI=1S/C14H22N2O2/c1-11(10-18-3)16-14(17)9-15-12(2)13-7-5-4-6-8-13/h4-8,11-12,15H,9-10H2,1-3H3,(H,16,17).